The highest BCUT2D eigenvalue weighted by molar-refractivity contribution is 5.32. The van der Waals surface area contributed by atoms with Crippen molar-refractivity contribution in [2.24, 2.45) is 5.73 Å². The highest BCUT2D eigenvalue weighted by atomic mass is 15.1. The fraction of sp³-hybridized carbons (Fsp3) is 0.353. The van der Waals surface area contributed by atoms with Crippen LogP contribution < -0.4 is 5.73 Å². The fourth-order valence-electron chi connectivity index (χ4n) is 2.43. The van der Waals surface area contributed by atoms with Crippen molar-refractivity contribution in [2.45, 2.75) is 26.4 Å². The largest absolute Gasteiger partial charge is 0.329 e. The predicted molar refractivity (Wildman–Crippen MR) is 83.4 cm³/mol. The molecule has 0 spiro atoms. The van der Waals surface area contributed by atoms with Gasteiger partial charge in [-0.3, -0.25) is 9.88 Å². The number of hydrogen-bond donors (Lipinski definition) is 1. The topological polar surface area (TPSA) is 42.1 Å². The molecule has 0 saturated carbocycles. The lowest BCUT2D eigenvalue weighted by atomic mass is 10.00. The average Bonchev–Trinajstić information content (AvgIpc) is 2.44. The smallest absolute Gasteiger partial charge is 0.0471 e. The van der Waals surface area contributed by atoms with E-state index in [1.165, 1.54) is 22.3 Å². The summed E-state index contributed by atoms with van der Waals surface area (Å²) < 4.78 is 0. The molecule has 0 amide bonds. The molecule has 0 radical (unpaired) electrons. The molecule has 0 fully saturated rings. The van der Waals surface area contributed by atoms with E-state index in [4.69, 9.17) is 5.73 Å². The second-order valence-corrected chi connectivity index (χ2v) is 5.37. The average molecular weight is 269 g/mol. The first kappa shape index (κ1) is 14.7. The first-order valence-electron chi connectivity index (χ1n) is 6.98. The highest BCUT2D eigenvalue weighted by Crippen LogP contribution is 2.22. The maximum absolute atomic E-state index is 5.99. The van der Waals surface area contributed by atoms with Gasteiger partial charge in [0, 0.05) is 31.5 Å². The predicted octanol–water partition coefficient (Wildman–Crippen LogP) is 2.83. The second kappa shape index (κ2) is 6.64. The van der Waals surface area contributed by atoms with Crippen LogP contribution in [0, 0.1) is 13.8 Å². The van der Waals surface area contributed by atoms with Gasteiger partial charge >= 0.3 is 0 Å². The molecule has 2 rings (SSSR count). The Hall–Kier alpha value is -1.71. The van der Waals surface area contributed by atoms with Crippen LogP contribution in [0.15, 0.2) is 42.7 Å². The number of aryl methyl sites for hydroxylation is 2. The fourth-order valence-corrected chi connectivity index (χ4v) is 2.43. The van der Waals surface area contributed by atoms with Crippen molar-refractivity contribution < 1.29 is 0 Å². The van der Waals surface area contributed by atoms with E-state index in [0.29, 0.717) is 6.54 Å². The molecule has 1 heterocycles. The lowest BCUT2D eigenvalue weighted by Gasteiger charge is -2.28. The molecule has 3 nitrogen and oxygen atoms in total. The van der Waals surface area contributed by atoms with Crippen LogP contribution in [0.2, 0.25) is 0 Å². The zero-order valence-corrected chi connectivity index (χ0v) is 12.5. The Labute approximate surface area is 121 Å². The van der Waals surface area contributed by atoms with Crippen molar-refractivity contribution in [2.75, 3.05) is 13.6 Å². The minimum atomic E-state index is 0.238. The van der Waals surface area contributed by atoms with Gasteiger partial charge in [-0.2, -0.15) is 0 Å². The van der Waals surface area contributed by atoms with Crippen LogP contribution in [0.4, 0.5) is 0 Å². The maximum atomic E-state index is 5.99. The quantitative estimate of drug-likeness (QED) is 0.907. The molecule has 106 valence electrons. The number of hydrogen-bond acceptors (Lipinski definition) is 3. The van der Waals surface area contributed by atoms with Gasteiger partial charge in [0.15, 0.2) is 0 Å². The number of rotatable bonds is 5. The van der Waals surface area contributed by atoms with Gasteiger partial charge in [0.1, 0.15) is 0 Å². The molecule has 0 aliphatic rings. The summed E-state index contributed by atoms with van der Waals surface area (Å²) in [7, 11) is 2.12. The van der Waals surface area contributed by atoms with Gasteiger partial charge in [-0.1, -0.05) is 18.2 Å². The Morgan fingerprint density at radius 1 is 1.10 bits per heavy atom. The van der Waals surface area contributed by atoms with E-state index in [0.717, 1.165) is 6.54 Å². The van der Waals surface area contributed by atoms with Crippen LogP contribution >= 0.6 is 0 Å². The van der Waals surface area contributed by atoms with Crippen molar-refractivity contribution >= 4 is 0 Å². The normalized spacial score (nSPS) is 12.7. The maximum Gasteiger partial charge on any atom is 0.0471 e. The Bertz CT molecular complexity index is 551. The summed E-state index contributed by atoms with van der Waals surface area (Å²) in [4.78, 5) is 6.35. The molecule has 1 unspecified atom stereocenters. The first-order valence-corrected chi connectivity index (χ1v) is 6.98. The van der Waals surface area contributed by atoms with Crippen LogP contribution in [0.5, 0.6) is 0 Å². The van der Waals surface area contributed by atoms with Crippen molar-refractivity contribution in [3.8, 4) is 0 Å². The molecule has 1 aromatic heterocycles. The molecule has 0 bridgehead atoms. The SMILES string of the molecule is Cc1ccc(C(CN)N(C)Cc2ccncc2)cc1C. The third-order valence-corrected chi connectivity index (χ3v) is 3.85. The van der Waals surface area contributed by atoms with E-state index in [-0.39, 0.29) is 6.04 Å². The number of pyridine rings is 1. The third-order valence-electron chi connectivity index (χ3n) is 3.85. The van der Waals surface area contributed by atoms with E-state index >= 15 is 0 Å². The molecule has 20 heavy (non-hydrogen) atoms. The molecule has 0 aliphatic heterocycles. The number of nitrogens with zero attached hydrogens (tertiary/aromatic N) is 2. The third kappa shape index (κ3) is 3.44. The standard InChI is InChI=1S/C17H23N3/c1-13-4-5-16(10-14(13)2)17(11-18)20(3)12-15-6-8-19-9-7-15/h4-10,17H,11-12,18H2,1-3H3. The summed E-state index contributed by atoms with van der Waals surface area (Å²) in [6, 6.07) is 10.9. The van der Waals surface area contributed by atoms with Crippen LogP contribution in [-0.2, 0) is 6.54 Å². The lowest BCUT2D eigenvalue weighted by Crippen LogP contribution is -2.30. The van der Waals surface area contributed by atoms with E-state index in [2.05, 4.69) is 49.0 Å². The van der Waals surface area contributed by atoms with E-state index in [1.54, 1.807) is 0 Å². The molecular weight excluding hydrogens is 246 g/mol. The summed E-state index contributed by atoms with van der Waals surface area (Å²) in [5.74, 6) is 0. The van der Waals surface area contributed by atoms with Crippen LogP contribution in [0.25, 0.3) is 0 Å². The Kier molecular flexibility index (Phi) is 4.88. The summed E-state index contributed by atoms with van der Waals surface area (Å²) >= 11 is 0. The van der Waals surface area contributed by atoms with Gasteiger partial charge < -0.3 is 5.73 Å². The van der Waals surface area contributed by atoms with Crippen molar-refractivity contribution in [1.29, 1.82) is 0 Å². The molecule has 1 atom stereocenters. The summed E-state index contributed by atoms with van der Waals surface area (Å²) in [6.07, 6.45) is 3.66. The molecule has 0 aliphatic carbocycles. The van der Waals surface area contributed by atoms with Gasteiger partial charge in [-0.05, 0) is 55.3 Å². The van der Waals surface area contributed by atoms with Crippen LogP contribution in [0.1, 0.15) is 28.3 Å². The van der Waals surface area contributed by atoms with Crippen molar-refractivity contribution in [1.82, 2.24) is 9.88 Å². The summed E-state index contributed by atoms with van der Waals surface area (Å²) in [5, 5.41) is 0. The zero-order chi connectivity index (χ0) is 14.5. The first-order chi connectivity index (χ1) is 9.61. The Balaban J connectivity index is 2.16. The lowest BCUT2D eigenvalue weighted by molar-refractivity contribution is 0.241. The summed E-state index contributed by atoms with van der Waals surface area (Å²) in [5.41, 5.74) is 11.2. The van der Waals surface area contributed by atoms with Crippen molar-refractivity contribution in [3.63, 3.8) is 0 Å². The van der Waals surface area contributed by atoms with Gasteiger partial charge in [0.05, 0.1) is 0 Å². The highest BCUT2D eigenvalue weighted by Gasteiger charge is 2.16. The monoisotopic (exact) mass is 269 g/mol. The minimum Gasteiger partial charge on any atom is -0.329 e. The Morgan fingerprint density at radius 2 is 1.80 bits per heavy atom. The van der Waals surface area contributed by atoms with Gasteiger partial charge in [-0.25, -0.2) is 0 Å². The number of aromatic nitrogens is 1. The molecule has 2 aromatic rings. The van der Waals surface area contributed by atoms with Crippen LogP contribution in [0.3, 0.4) is 0 Å². The molecule has 0 saturated heterocycles. The van der Waals surface area contributed by atoms with E-state index in [1.807, 2.05) is 24.5 Å². The second-order valence-electron chi connectivity index (χ2n) is 5.37. The molecule has 3 heteroatoms. The van der Waals surface area contributed by atoms with E-state index in [9.17, 15) is 0 Å². The van der Waals surface area contributed by atoms with Crippen LogP contribution in [-0.4, -0.2) is 23.5 Å². The number of benzene rings is 1. The number of likely N-dealkylation sites (N-methyl/N-ethyl adjacent to an activating group) is 1. The van der Waals surface area contributed by atoms with E-state index < -0.39 is 0 Å². The zero-order valence-electron chi connectivity index (χ0n) is 12.5. The van der Waals surface area contributed by atoms with Gasteiger partial charge in [0.25, 0.3) is 0 Å². The Morgan fingerprint density at radius 3 is 2.40 bits per heavy atom. The molecular formula is C17H23N3. The minimum absolute atomic E-state index is 0.238. The van der Waals surface area contributed by atoms with Gasteiger partial charge in [-0.15, -0.1) is 0 Å². The summed E-state index contributed by atoms with van der Waals surface area (Å²) in [6.45, 7) is 5.77. The van der Waals surface area contributed by atoms with Crippen molar-refractivity contribution in [3.05, 3.63) is 65.0 Å². The van der Waals surface area contributed by atoms with Gasteiger partial charge in [0.2, 0.25) is 0 Å². The number of nitrogens with two attached hydrogens (primary N) is 1. The molecule has 2 N–H and O–H groups in total. The molecule has 1 aromatic carbocycles.